The molecule has 0 bridgehead atoms. The Morgan fingerprint density at radius 1 is 1.29 bits per heavy atom. The number of carbonyl (C=O) groups is 1. The van der Waals surface area contributed by atoms with Crippen molar-refractivity contribution in [3.05, 3.63) is 0 Å². The van der Waals surface area contributed by atoms with E-state index >= 15 is 0 Å². The van der Waals surface area contributed by atoms with E-state index in [4.69, 9.17) is 5.11 Å². The van der Waals surface area contributed by atoms with E-state index in [0.717, 1.165) is 6.42 Å². The second-order valence-electron chi connectivity index (χ2n) is 5.83. The Balaban J connectivity index is 4.27. The first kappa shape index (κ1) is 13.4. The van der Waals surface area contributed by atoms with Crippen LogP contribution in [0.3, 0.4) is 0 Å². The summed E-state index contributed by atoms with van der Waals surface area (Å²) in [4.78, 5) is 10.7. The summed E-state index contributed by atoms with van der Waals surface area (Å²) in [5, 5.41) is 11.9. The van der Waals surface area contributed by atoms with Crippen LogP contribution in [0.5, 0.6) is 0 Å². The van der Waals surface area contributed by atoms with Gasteiger partial charge < -0.3 is 5.11 Å². The highest BCUT2D eigenvalue weighted by molar-refractivity contribution is 5.72. The predicted molar refractivity (Wildman–Crippen MR) is 58.4 cm³/mol. The second kappa shape index (κ2) is 4.30. The Morgan fingerprint density at radius 2 is 1.71 bits per heavy atom. The van der Waals surface area contributed by atoms with Gasteiger partial charge in [-0.3, -0.25) is 10.1 Å². The molecule has 0 saturated heterocycles. The van der Waals surface area contributed by atoms with Crippen molar-refractivity contribution in [3.8, 4) is 0 Å². The lowest BCUT2D eigenvalue weighted by Crippen LogP contribution is -2.49. The zero-order valence-corrected chi connectivity index (χ0v) is 10.1. The molecule has 0 aromatic carbocycles. The van der Waals surface area contributed by atoms with Gasteiger partial charge in [0.2, 0.25) is 0 Å². The first-order chi connectivity index (χ1) is 6.03. The van der Waals surface area contributed by atoms with Crippen LogP contribution in [0, 0.1) is 5.41 Å². The van der Waals surface area contributed by atoms with Crippen LogP contribution < -0.4 is 5.32 Å². The zero-order chi connectivity index (χ0) is 11.6. The predicted octanol–water partition coefficient (Wildman–Crippen LogP) is 2.26. The maximum Gasteiger partial charge on any atom is 0.320 e. The third kappa shape index (κ3) is 5.97. The van der Waals surface area contributed by atoms with Gasteiger partial charge in [0, 0.05) is 5.54 Å². The van der Waals surface area contributed by atoms with Crippen molar-refractivity contribution >= 4 is 5.97 Å². The molecule has 0 aromatic heterocycles. The van der Waals surface area contributed by atoms with Gasteiger partial charge in [-0.25, -0.2) is 0 Å². The summed E-state index contributed by atoms with van der Waals surface area (Å²) in [6.45, 7) is 12.2. The maximum absolute atomic E-state index is 10.7. The fraction of sp³-hybridized carbons (Fsp3) is 0.909. The summed E-state index contributed by atoms with van der Waals surface area (Å²) < 4.78 is 0. The Hall–Kier alpha value is -0.570. The van der Waals surface area contributed by atoms with E-state index in [-0.39, 0.29) is 11.0 Å². The summed E-state index contributed by atoms with van der Waals surface area (Å²) in [7, 11) is 0. The van der Waals surface area contributed by atoms with E-state index in [1.165, 1.54) is 0 Å². The molecule has 0 radical (unpaired) electrons. The Kier molecular flexibility index (Phi) is 4.13. The molecule has 0 saturated carbocycles. The molecule has 14 heavy (non-hydrogen) atoms. The smallest absolute Gasteiger partial charge is 0.320 e. The SMILES string of the molecule is C[C@@H](NC(C)(C)CC(C)(C)C)C(=O)O. The van der Waals surface area contributed by atoms with Crippen molar-refractivity contribution < 1.29 is 9.90 Å². The molecule has 0 aliphatic heterocycles. The van der Waals surface area contributed by atoms with Crippen LogP contribution in [-0.4, -0.2) is 22.7 Å². The lowest BCUT2D eigenvalue weighted by molar-refractivity contribution is -0.139. The Labute approximate surface area is 86.9 Å². The van der Waals surface area contributed by atoms with Crippen molar-refractivity contribution in [1.29, 1.82) is 0 Å². The van der Waals surface area contributed by atoms with Gasteiger partial charge in [-0.15, -0.1) is 0 Å². The monoisotopic (exact) mass is 201 g/mol. The van der Waals surface area contributed by atoms with Gasteiger partial charge in [0.1, 0.15) is 6.04 Å². The molecule has 0 fully saturated rings. The highest BCUT2D eigenvalue weighted by atomic mass is 16.4. The Morgan fingerprint density at radius 3 is 2.00 bits per heavy atom. The van der Waals surface area contributed by atoms with Crippen molar-refractivity contribution in [2.24, 2.45) is 5.41 Å². The summed E-state index contributed by atoms with van der Waals surface area (Å²) in [6, 6.07) is -0.493. The lowest BCUT2D eigenvalue weighted by atomic mass is 9.81. The molecule has 0 rings (SSSR count). The van der Waals surface area contributed by atoms with Gasteiger partial charge in [-0.2, -0.15) is 0 Å². The minimum Gasteiger partial charge on any atom is -0.480 e. The molecule has 0 heterocycles. The van der Waals surface area contributed by atoms with E-state index in [1.807, 2.05) is 13.8 Å². The number of rotatable bonds is 4. The quantitative estimate of drug-likeness (QED) is 0.733. The van der Waals surface area contributed by atoms with Crippen molar-refractivity contribution in [3.63, 3.8) is 0 Å². The molecular weight excluding hydrogens is 178 g/mol. The summed E-state index contributed by atoms with van der Waals surface area (Å²) in [6.07, 6.45) is 0.942. The molecule has 3 heteroatoms. The van der Waals surface area contributed by atoms with Gasteiger partial charge in [-0.05, 0) is 32.6 Å². The first-order valence-electron chi connectivity index (χ1n) is 5.04. The van der Waals surface area contributed by atoms with Crippen LogP contribution >= 0.6 is 0 Å². The minimum absolute atomic E-state index is 0.143. The third-order valence-corrected chi connectivity index (χ3v) is 1.95. The van der Waals surface area contributed by atoms with Gasteiger partial charge in [0.15, 0.2) is 0 Å². The average Bonchev–Trinajstić information content (AvgIpc) is 1.78. The third-order valence-electron chi connectivity index (χ3n) is 1.95. The van der Waals surface area contributed by atoms with Gasteiger partial charge >= 0.3 is 5.97 Å². The van der Waals surface area contributed by atoms with Crippen molar-refractivity contribution in [2.45, 2.75) is 59.5 Å². The molecule has 0 unspecified atom stereocenters. The van der Waals surface area contributed by atoms with Crippen LogP contribution in [0.25, 0.3) is 0 Å². The molecule has 0 amide bonds. The minimum atomic E-state index is -0.799. The zero-order valence-electron chi connectivity index (χ0n) is 10.1. The summed E-state index contributed by atoms with van der Waals surface area (Å²) in [5.74, 6) is -0.799. The van der Waals surface area contributed by atoms with Crippen LogP contribution in [0.15, 0.2) is 0 Å². The van der Waals surface area contributed by atoms with Crippen LogP contribution in [0.1, 0.15) is 48.0 Å². The first-order valence-corrected chi connectivity index (χ1v) is 5.04. The molecule has 0 spiro atoms. The summed E-state index contributed by atoms with van der Waals surface area (Å²) in [5.41, 5.74) is 0.0603. The van der Waals surface area contributed by atoms with E-state index in [9.17, 15) is 4.79 Å². The fourth-order valence-corrected chi connectivity index (χ4v) is 2.02. The molecule has 0 aromatic rings. The molecule has 1 atom stereocenters. The topological polar surface area (TPSA) is 49.3 Å². The molecule has 84 valence electrons. The number of hydrogen-bond acceptors (Lipinski definition) is 2. The second-order valence-corrected chi connectivity index (χ2v) is 5.83. The van der Waals surface area contributed by atoms with Crippen LogP contribution in [0.4, 0.5) is 0 Å². The molecule has 3 nitrogen and oxygen atoms in total. The van der Waals surface area contributed by atoms with Gasteiger partial charge in [0.25, 0.3) is 0 Å². The number of carboxylic acid groups (broad SMARTS) is 1. The van der Waals surface area contributed by atoms with Gasteiger partial charge in [-0.1, -0.05) is 20.8 Å². The van der Waals surface area contributed by atoms with E-state index in [2.05, 4.69) is 26.1 Å². The number of hydrogen-bond donors (Lipinski definition) is 2. The highest BCUT2D eigenvalue weighted by Gasteiger charge is 2.28. The van der Waals surface area contributed by atoms with Gasteiger partial charge in [0.05, 0.1) is 0 Å². The Bertz CT molecular complexity index is 204. The molecule has 2 N–H and O–H groups in total. The largest absolute Gasteiger partial charge is 0.480 e. The number of aliphatic carboxylic acids is 1. The van der Waals surface area contributed by atoms with E-state index < -0.39 is 12.0 Å². The molecular formula is C11H23NO2. The van der Waals surface area contributed by atoms with Crippen LogP contribution in [0.2, 0.25) is 0 Å². The molecule has 0 aliphatic carbocycles. The highest BCUT2D eigenvalue weighted by Crippen LogP contribution is 2.26. The van der Waals surface area contributed by atoms with E-state index in [1.54, 1.807) is 6.92 Å². The average molecular weight is 201 g/mol. The summed E-state index contributed by atoms with van der Waals surface area (Å²) >= 11 is 0. The van der Waals surface area contributed by atoms with Crippen molar-refractivity contribution in [2.75, 3.05) is 0 Å². The lowest BCUT2D eigenvalue weighted by Gasteiger charge is -2.34. The normalized spacial score (nSPS) is 15.3. The number of carboxylic acids is 1. The standard InChI is InChI=1S/C11H23NO2/c1-8(9(13)14)12-11(5,6)7-10(2,3)4/h8,12H,7H2,1-6H3,(H,13,14)/t8-/m1/s1. The number of nitrogens with one attached hydrogen (secondary N) is 1. The maximum atomic E-state index is 10.7. The fourth-order valence-electron chi connectivity index (χ4n) is 2.02. The molecule has 0 aliphatic rings. The van der Waals surface area contributed by atoms with Crippen LogP contribution in [-0.2, 0) is 4.79 Å². The van der Waals surface area contributed by atoms with E-state index in [0.29, 0.717) is 0 Å². The van der Waals surface area contributed by atoms with Crippen molar-refractivity contribution in [1.82, 2.24) is 5.32 Å².